The van der Waals surface area contributed by atoms with Crippen LogP contribution >= 0.6 is 0 Å². The summed E-state index contributed by atoms with van der Waals surface area (Å²) >= 11 is 0. The first kappa shape index (κ1) is 34.9. The summed E-state index contributed by atoms with van der Waals surface area (Å²) in [5.74, 6) is -2.72. The largest absolute Gasteiger partial charge is 3.00 e. The molecule has 0 amide bonds. The van der Waals surface area contributed by atoms with Gasteiger partial charge >= 0.3 is 17.4 Å². The van der Waals surface area contributed by atoms with Crippen molar-refractivity contribution in [2.45, 2.75) is 4.90 Å². The number of nitrogens with two attached hydrogens (primary N) is 4. The molecule has 14 heteroatoms. The number of carbonyl (C=O) groups excluding carboxylic acids is 1. The first-order valence-electron chi connectivity index (χ1n) is 5.94. The zero-order valence-electron chi connectivity index (χ0n) is 13.1. The molecule has 0 saturated carbocycles. The maximum atomic E-state index is 10.8. The second kappa shape index (κ2) is 19.0. The van der Waals surface area contributed by atoms with Gasteiger partial charge in [-0.3, -0.25) is 0 Å². The van der Waals surface area contributed by atoms with E-state index in [0.29, 0.717) is 38.3 Å². The van der Waals surface area contributed by atoms with Crippen molar-refractivity contribution in [3.8, 4) is 5.75 Å². The van der Waals surface area contributed by atoms with Crippen molar-refractivity contribution in [1.29, 1.82) is 0 Å². The van der Waals surface area contributed by atoms with Gasteiger partial charge in [0.05, 0.1) is 10.9 Å². The summed E-state index contributed by atoms with van der Waals surface area (Å²) < 4.78 is 31.3. The van der Waals surface area contributed by atoms with E-state index in [9.17, 15) is 28.0 Å². The fourth-order valence-electron chi connectivity index (χ4n) is 0.824. The predicted molar refractivity (Wildman–Crippen MR) is 81.6 cm³/mol. The topological polar surface area (TPSA) is 287 Å². The van der Waals surface area contributed by atoms with E-state index < -0.39 is 32.3 Å². The van der Waals surface area contributed by atoms with Crippen LogP contribution < -0.4 is 33.1 Å². The molecule has 0 aliphatic carbocycles. The Hall–Kier alpha value is -1.31. The molecule has 25 heavy (non-hydrogen) atoms. The minimum absolute atomic E-state index is 0. The van der Waals surface area contributed by atoms with E-state index >= 15 is 0 Å². The first-order valence-corrected chi connectivity index (χ1v) is 7.35. The third kappa shape index (κ3) is 17.3. The van der Waals surface area contributed by atoms with Gasteiger partial charge in [0.25, 0.3) is 0 Å². The predicted octanol–water partition coefficient (Wildman–Crippen LogP) is -5.82. The molecule has 0 heterocycles. The van der Waals surface area contributed by atoms with Gasteiger partial charge in [0.15, 0.2) is 0 Å². The number of carboxylic acids is 1. The Morgan fingerprint density at radius 3 is 1.56 bits per heavy atom. The minimum atomic E-state index is -4.76. The molecule has 12 nitrogen and oxygen atoms in total. The number of hydrogen-bond donors (Lipinski definition) is 4. The third-order valence-electron chi connectivity index (χ3n) is 1.79. The number of carbonyl (C=O) groups is 1. The van der Waals surface area contributed by atoms with Gasteiger partial charge in [-0.05, 0) is 17.7 Å². The average Bonchev–Trinajstić information content (AvgIpc) is 2.46. The fraction of sp³-hybridized carbons (Fsp3) is 0.364. The van der Waals surface area contributed by atoms with E-state index in [2.05, 4.69) is 0 Å². The molecule has 147 valence electrons. The second-order valence-electron chi connectivity index (χ2n) is 3.55. The maximum absolute atomic E-state index is 10.8. The van der Waals surface area contributed by atoms with E-state index in [0.717, 1.165) is 6.07 Å². The van der Waals surface area contributed by atoms with Crippen LogP contribution in [-0.4, -0.2) is 56.1 Å². The Balaban J connectivity index is -0.000000104. The molecule has 1 radical (unpaired) electrons. The van der Waals surface area contributed by atoms with Gasteiger partial charge in [-0.2, -0.15) is 0 Å². The third-order valence-corrected chi connectivity index (χ3v) is 2.62. The average molecular weight is 423 g/mol. The fourth-order valence-corrected chi connectivity index (χ4v) is 1.32. The molecule has 0 unspecified atom stereocenters. The van der Waals surface area contributed by atoms with Crippen molar-refractivity contribution in [2.75, 3.05) is 26.2 Å². The Bertz CT molecular complexity index is 551. The van der Waals surface area contributed by atoms with Crippen LogP contribution in [0.15, 0.2) is 23.1 Å². The first-order chi connectivity index (χ1) is 10.1. The van der Waals surface area contributed by atoms with Crippen molar-refractivity contribution in [3.63, 3.8) is 0 Å². The normalized spacial score (nSPS) is 8.68. The van der Waals surface area contributed by atoms with Crippen LogP contribution in [0.25, 0.3) is 0 Å². The molecule has 0 bridgehead atoms. The van der Waals surface area contributed by atoms with Crippen LogP contribution in [0.4, 0.5) is 0 Å². The standard InChI is InChI=1S/C7H6O6S.2C2H8N2.Cr.2H2O/c8-6-2-1-4(14(11,12)13)3-5(6)7(9)10;2*3-1-2-4;;;/h1-3,8H,(H,9,10)(H,11,12,13);2*1-4H2;;2*1H2/q;;;+3;;/p-3. The van der Waals surface area contributed by atoms with Crippen molar-refractivity contribution in [3.05, 3.63) is 23.8 Å². The van der Waals surface area contributed by atoms with Crippen LogP contribution in [0.5, 0.6) is 5.75 Å². The van der Waals surface area contributed by atoms with E-state index in [1.807, 2.05) is 0 Å². The summed E-state index contributed by atoms with van der Waals surface area (Å²) in [4.78, 5) is 9.53. The van der Waals surface area contributed by atoms with Crippen LogP contribution in [0.3, 0.4) is 0 Å². The van der Waals surface area contributed by atoms with Gasteiger partial charge < -0.3 is 53.4 Å². The zero-order chi connectivity index (χ0) is 17.8. The van der Waals surface area contributed by atoms with Crippen LogP contribution in [0.2, 0.25) is 0 Å². The molecule has 0 aliphatic rings. The van der Waals surface area contributed by atoms with Gasteiger partial charge in [0.2, 0.25) is 0 Å². The van der Waals surface area contributed by atoms with Gasteiger partial charge in [-0.25, -0.2) is 8.42 Å². The van der Waals surface area contributed by atoms with Gasteiger partial charge in [-0.15, -0.1) is 0 Å². The number of aromatic carboxylic acids is 1. The van der Waals surface area contributed by atoms with Gasteiger partial charge in [-0.1, -0.05) is 11.8 Å². The van der Waals surface area contributed by atoms with Crippen molar-refractivity contribution in [2.24, 2.45) is 22.9 Å². The quantitative estimate of drug-likeness (QED) is 0.332. The Kier molecular flexibility index (Phi) is 26.6. The molecular weight excluding hydrogens is 400 g/mol. The second-order valence-corrected chi connectivity index (χ2v) is 4.93. The monoisotopic (exact) mass is 423 g/mol. The molecular formula is C11H23CrN4O8S. The van der Waals surface area contributed by atoms with Crippen LogP contribution in [-0.2, 0) is 27.5 Å². The molecule has 1 aromatic carbocycles. The molecule has 12 N–H and O–H groups in total. The number of rotatable bonds is 4. The smallest absolute Gasteiger partial charge is 0.872 e. The molecule has 0 fully saturated rings. The maximum Gasteiger partial charge on any atom is 3.00 e. The Morgan fingerprint density at radius 2 is 1.32 bits per heavy atom. The molecule has 1 aromatic rings. The van der Waals surface area contributed by atoms with Crippen molar-refractivity contribution < 1.29 is 56.3 Å². The van der Waals surface area contributed by atoms with Crippen LogP contribution in [0, 0.1) is 0 Å². The molecule has 0 atom stereocenters. The molecule has 0 spiro atoms. The number of benzene rings is 1. The Morgan fingerprint density at radius 1 is 0.960 bits per heavy atom. The van der Waals surface area contributed by atoms with E-state index in [1.165, 1.54) is 0 Å². The van der Waals surface area contributed by atoms with Gasteiger partial charge in [0.1, 0.15) is 10.1 Å². The summed E-state index contributed by atoms with van der Waals surface area (Å²) in [5, 5.41) is 21.1. The van der Waals surface area contributed by atoms with Crippen molar-refractivity contribution in [1.82, 2.24) is 0 Å². The van der Waals surface area contributed by atoms with Crippen molar-refractivity contribution >= 4 is 16.1 Å². The summed E-state index contributed by atoms with van der Waals surface area (Å²) in [6.45, 7) is 2.39. The SMILES string of the molecule is NCCN.NCCN.O.O.O=C([O-])c1cc(S(=O)(=O)[O-])ccc1[O-].[Cr+3]. The zero-order valence-corrected chi connectivity index (χ0v) is 15.2. The van der Waals surface area contributed by atoms with E-state index in [4.69, 9.17) is 22.9 Å². The van der Waals surface area contributed by atoms with E-state index in [1.54, 1.807) is 0 Å². The molecule has 0 saturated heterocycles. The van der Waals surface area contributed by atoms with Gasteiger partial charge in [0, 0.05) is 26.2 Å². The summed E-state index contributed by atoms with van der Waals surface area (Å²) in [6.07, 6.45) is 0. The summed E-state index contributed by atoms with van der Waals surface area (Å²) in [5.41, 5.74) is 18.8. The molecule has 1 rings (SSSR count). The number of hydrogen-bond acceptors (Lipinski definition) is 10. The summed E-state index contributed by atoms with van der Waals surface area (Å²) in [7, 11) is -4.76. The van der Waals surface area contributed by atoms with E-state index in [-0.39, 0.29) is 28.3 Å². The summed E-state index contributed by atoms with van der Waals surface area (Å²) in [6, 6.07) is 1.92. The number of carboxylic acid groups (broad SMARTS) is 1. The molecule has 0 aromatic heterocycles. The Labute approximate surface area is 156 Å². The van der Waals surface area contributed by atoms with Crippen LogP contribution in [0.1, 0.15) is 10.4 Å². The minimum Gasteiger partial charge on any atom is -0.872 e. The molecule has 0 aliphatic heterocycles.